The standard InChI is InChI=1S/C29H39FN8O/c30-23-8-10-24(11-9-23)36-18-16-35(17-19-36)13-5-12-31-29(39)22-6-4-14-37(20-22)27-26-28(33-21-32-27)38-15-3-1-2-7-25(38)34-26/h8-11,21-22H,1-7,12-20H2,(H,31,39)/t22-/m0/s1. The molecule has 2 aromatic heterocycles. The number of aryl methyl sites for hydroxylation is 2. The van der Waals surface area contributed by atoms with Crippen LogP contribution < -0.4 is 15.1 Å². The Hall–Kier alpha value is -3.27. The molecule has 3 aromatic rings. The van der Waals surface area contributed by atoms with Crippen molar-refractivity contribution in [1.29, 1.82) is 0 Å². The van der Waals surface area contributed by atoms with E-state index in [1.54, 1.807) is 6.33 Å². The first kappa shape index (κ1) is 26.0. The van der Waals surface area contributed by atoms with E-state index in [0.717, 1.165) is 106 Å². The molecule has 0 bridgehead atoms. The van der Waals surface area contributed by atoms with Crippen molar-refractivity contribution in [3.05, 3.63) is 42.2 Å². The van der Waals surface area contributed by atoms with Gasteiger partial charge in [0, 0.05) is 64.5 Å². The quantitative estimate of drug-likeness (QED) is 0.466. The van der Waals surface area contributed by atoms with E-state index in [9.17, 15) is 9.18 Å². The zero-order valence-electron chi connectivity index (χ0n) is 22.7. The summed E-state index contributed by atoms with van der Waals surface area (Å²) in [4.78, 5) is 34.2. The molecule has 0 radical (unpaired) electrons. The van der Waals surface area contributed by atoms with Crippen molar-refractivity contribution in [1.82, 2.24) is 29.7 Å². The fourth-order valence-corrected chi connectivity index (χ4v) is 6.28. The molecule has 9 nitrogen and oxygen atoms in total. The van der Waals surface area contributed by atoms with E-state index >= 15 is 0 Å². The van der Waals surface area contributed by atoms with Crippen LogP contribution in [0.2, 0.25) is 0 Å². The second-order valence-corrected chi connectivity index (χ2v) is 11.1. The number of aromatic nitrogens is 4. The minimum atomic E-state index is -0.196. The molecule has 39 heavy (non-hydrogen) atoms. The molecule has 0 spiro atoms. The number of anilines is 2. The lowest BCUT2D eigenvalue weighted by Gasteiger charge is -2.36. The van der Waals surface area contributed by atoms with Gasteiger partial charge in [0.2, 0.25) is 5.91 Å². The highest BCUT2D eigenvalue weighted by Crippen LogP contribution is 2.29. The van der Waals surface area contributed by atoms with Gasteiger partial charge in [-0.3, -0.25) is 9.69 Å². The van der Waals surface area contributed by atoms with Gasteiger partial charge in [-0.2, -0.15) is 0 Å². The Kier molecular flexibility index (Phi) is 7.90. The van der Waals surface area contributed by atoms with Gasteiger partial charge in [-0.05, 0) is 62.9 Å². The lowest BCUT2D eigenvalue weighted by molar-refractivity contribution is -0.125. The predicted molar refractivity (Wildman–Crippen MR) is 150 cm³/mol. The molecular weight excluding hydrogens is 495 g/mol. The summed E-state index contributed by atoms with van der Waals surface area (Å²) < 4.78 is 15.5. The van der Waals surface area contributed by atoms with Gasteiger partial charge < -0.3 is 19.7 Å². The summed E-state index contributed by atoms with van der Waals surface area (Å²) in [6.07, 6.45) is 9.02. The first-order valence-electron chi connectivity index (χ1n) is 14.6. The van der Waals surface area contributed by atoms with Crippen LogP contribution in [0.15, 0.2) is 30.6 Å². The summed E-state index contributed by atoms with van der Waals surface area (Å²) in [5.41, 5.74) is 2.90. The molecular formula is C29H39FN8O. The molecule has 2 saturated heterocycles. The van der Waals surface area contributed by atoms with E-state index in [2.05, 4.69) is 34.6 Å². The van der Waals surface area contributed by atoms with Crippen molar-refractivity contribution in [2.45, 2.75) is 51.5 Å². The van der Waals surface area contributed by atoms with Crippen molar-refractivity contribution in [3.8, 4) is 0 Å². The number of halogens is 1. The average Bonchev–Trinajstić information content (AvgIpc) is 3.16. The fourth-order valence-electron chi connectivity index (χ4n) is 6.28. The number of nitrogens with one attached hydrogen (secondary N) is 1. The van der Waals surface area contributed by atoms with E-state index in [1.165, 1.54) is 25.0 Å². The number of carbonyl (C=O) groups is 1. The molecule has 208 valence electrons. The molecule has 3 aliphatic rings. The maximum atomic E-state index is 13.2. The Morgan fingerprint density at radius 2 is 1.79 bits per heavy atom. The highest BCUT2D eigenvalue weighted by molar-refractivity contribution is 5.85. The first-order chi connectivity index (χ1) is 19.2. The molecule has 3 aliphatic heterocycles. The average molecular weight is 535 g/mol. The first-order valence-corrected chi connectivity index (χ1v) is 14.6. The van der Waals surface area contributed by atoms with Crippen LogP contribution in [0.5, 0.6) is 0 Å². The van der Waals surface area contributed by atoms with Crippen LogP contribution in [0.4, 0.5) is 15.9 Å². The molecule has 10 heteroatoms. The molecule has 1 amide bonds. The van der Waals surface area contributed by atoms with Crippen LogP contribution in [0.1, 0.15) is 44.3 Å². The van der Waals surface area contributed by atoms with Gasteiger partial charge >= 0.3 is 0 Å². The Morgan fingerprint density at radius 3 is 2.64 bits per heavy atom. The Labute approximate surface area is 229 Å². The molecule has 0 unspecified atom stereocenters. The van der Waals surface area contributed by atoms with Gasteiger partial charge in [0.05, 0.1) is 5.92 Å². The number of carbonyl (C=O) groups excluding carboxylic acids is 1. The largest absolute Gasteiger partial charge is 0.369 e. The van der Waals surface area contributed by atoms with Crippen LogP contribution in [0, 0.1) is 11.7 Å². The maximum Gasteiger partial charge on any atom is 0.224 e. The summed E-state index contributed by atoms with van der Waals surface area (Å²) in [6, 6.07) is 6.75. The lowest BCUT2D eigenvalue weighted by Crippen LogP contribution is -2.47. The molecule has 5 heterocycles. The van der Waals surface area contributed by atoms with Crippen molar-refractivity contribution < 1.29 is 9.18 Å². The summed E-state index contributed by atoms with van der Waals surface area (Å²) >= 11 is 0. The number of nitrogens with zero attached hydrogens (tertiary/aromatic N) is 7. The van der Waals surface area contributed by atoms with Crippen molar-refractivity contribution in [3.63, 3.8) is 0 Å². The molecule has 0 aliphatic carbocycles. The summed E-state index contributed by atoms with van der Waals surface area (Å²) in [6.45, 7) is 8.03. The summed E-state index contributed by atoms with van der Waals surface area (Å²) in [7, 11) is 0. The number of piperazine rings is 1. The second kappa shape index (κ2) is 11.9. The third kappa shape index (κ3) is 5.85. The Morgan fingerprint density at radius 1 is 0.949 bits per heavy atom. The second-order valence-electron chi connectivity index (χ2n) is 11.1. The topological polar surface area (TPSA) is 82.4 Å². The predicted octanol–water partition coefficient (Wildman–Crippen LogP) is 3.24. The third-order valence-electron chi connectivity index (χ3n) is 8.48. The van der Waals surface area contributed by atoms with Gasteiger partial charge in [-0.1, -0.05) is 6.42 Å². The number of hydrogen-bond donors (Lipinski definition) is 1. The van der Waals surface area contributed by atoms with Crippen LogP contribution in [0.3, 0.4) is 0 Å². The highest BCUT2D eigenvalue weighted by atomic mass is 19.1. The Balaban J connectivity index is 0.975. The zero-order chi connectivity index (χ0) is 26.6. The summed E-state index contributed by atoms with van der Waals surface area (Å²) in [5, 5.41) is 3.20. The van der Waals surface area contributed by atoms with Crippen molar-refractivity contribution >= 4 is 28.6 Å². The van der Waals surface area contributed by atoms with Gasteiger partial charge in [0.1, 0.15) is 18.0 Å². The minimum absolute atomic E-state index is 0.0385. The number of hydrogen-bond acceptors (Lipinski definition) is 7. The molecule has 2 fully saturated rings. The van der Waals surface area contributed by atoms with Crippen molar-refractivity contribution in [2.24, 2.45) is 5.92 Å². The van der Waals surface area contributed by atoms with Gasteiger partial charge in [0.25, 0.3) is 0 Å². The number of piperidine rings is 1. The molecule has 1 N–H and O–H groups in total. The number of rotatable bonds is 7. The van der Waals surface area contributed by atoms with Gasteiger partial charge in [-0.15, -0.1) is 0 Å². The number of amides is 1. The van der Waals surface area contributed by atoms with E-state index in [-0.39, 0.29) is 17.6 Å². The van der Waals surface area contributed by atoms with E-state index in [0.29, 0.717) is 13.1 Å². The number of imidazole rings is 1. The van der Waals surface area contributed by atoms with E-state index < -0.39 is 0 Å². The van der Waals surface area contributed by atoms with Gasteiger partial charge in [0.15, 0.2) is 17.0 Å². The Bertz CT molecular complexity index is 1270. The van der Waals surface area contributed by atoms with E-state index in [4.69, 9.17) is 4.98 Å². The zero-order valence-corrected chi connectivity index (χ0v) is 22.7. The fraction of sp³-hybridized carbons (Fsp3) is 0.586. The van der Waals surface area contributed by atoms with Crippen LogP contribution >= 0.6 is 0 Å². The van der Waals surface area contributed by atoms with Gasteiger partial charge in [-0.25, -0.2) is 19.3 Å². The minimum Gasteiger partial charge on any atom is -0.369 e. The summed E-state index contributed by atoms with van der Waals surface area (Å²) in [5.74, 6) is 1.90. The van der Waals surface area contributed by atoms with Crippen LogP contribution in [-0.2, 0) is 17.8 Å². The number of fused-ring (bicyclic) bond motifs is 3. The highest BCUT2D eigenvalue weighted by Gasteiger charge is 2.29. The monoisotopic (exact) mass is 534 g/mol. The van der Waals surface area contributed by atoms with Crippen LogP contribution in [0.25, 0.3) is 11.2 Å². The third-order valence-corrected chi connectivity index (χ3v) is 8.48. The van der Waals surface area contributed by atoms with E-state index in [1.807, 2.05) is 12.1 Å². The smallest absolute Gasteiger partial charge is 0.224 e. The molecule has 1 aromatic carbocycles. The van der Waals surface area contributed by atoms with Crippen molar-refractivity contribution in [2.75, 3.05) is 62.2 Å². The molecule has 1 atom stereocenters. The van der Waals surface area contributed by atoms with Crippen LogP contribution in [-0.4, -0.2) is 82.7 Å². The lowest BCUT2D eigenvalue weighted by atomic mass is 9.97. The maximum absolute atomic E-state index is 13.2. The SMILES string of the molecule is O=C(NCCCN1CCN(c2ccc(F)cc2)CC1)[C@H]1CCCN(c2ncnc3c2nc2n3CCCCC2)C1. The number of benzene rings is 1. The molecule has 0 saturated carbocycles. The molecule has 6 rings (SSSR count). The normalized spacial score (nSPS) is 20.6.